The molecule has 0 aromatic rings. The number of rotatable bonds is 13. The van der Waals surface area contributed by atoms with Gasteiger partial charge in [0.15, 0.2) is 0 Å². The van der Waals surface area contributed by atoms with E-state index in [1.54, 1.807) is 48.6 Å². The summed E-state index contributed by atoms with van der Waals surface area (Å²) in [6.07, 6.45) is 13.9. The molecule has 6 nitrogen and oxygen atoms in total. The van der Waals surface area contributed by atoms with E-state index in [0.717, 1.165) is 0 Å². The van der Waals surface area contributed by atoms with Crippen LogP contribution in [0.2, 0.25) is 0 Å². The molecule has 0 unspecified atom stereocenters. The maximum Gasteiger partial charge on any atom is 0.303 e. The van der Waals surface area contributed by atoms with Gasteiger partial charge in [-0.3, -0.25) is 9.59 Å². The average Bonchev–Trinajstić information content (AvgIpc) is 2.49. The average molecular weight is 338 g/mol. The molecule has 0 saturated carbocycles. The summed E-state index contributed by atoms with van der Waals surface area (Å²) in [6, 6.07) is 0. The fraction of sp³-hybridized carbons (Fsp3) is 0.444. The van der Waals surface area contributed by atoms with Crippen molar-refractivity contribution >= 4 is 11.9 Å². The summed E-state index contributed by atoms with van der Waals surface area (Å²) in [7, 11) is 0. The predicted molar refractivity (Wildman–Crippen MR) is 91.5 cm³/mol. The Balaban J connectivity index is 3.87. The summed E-state index contributed by atoms with van der Waals surface area (Å²) in [5.74, 6) is -1.71. The van der Waals surface area contributed by atoms with Crippen LogP contribution in [-0.4, -0.2) is 44.6 Å². The van der Waals surface area contributed by atoms with Crippen molar-refractivity contribution in [1.29, 1.82) is 0 Å². The predicted octanol–water partition coefficient (Wildman–Crippen LogP) is 2.44. The van der Waals surface area contributed by atoms with Crippen LogP contribution in [0.4, 0.5) is 0 Å². The highest BCUT2D eigenvalue weighted by atomic mass is 16.4. The summed E-state index contributed by atoms with van der Waals surface area (Å²) in [5, 5.41) is 36.2. The first kappa shape index (κ1) is 21.8. The number of aliphatic hydroxyl groups is 2. The Morgan fingerprint density at radius 3 is 1.96 bits per heavy atom. The molecule has 6 heteroatoms. The van der Waals surface area contributed by atoms with Gasteiger partial charge in [-0.2, -0.15) is 0 Å². The zero-order valence-electron chi connectivity index (χ0n) is 13.6. The topological polar surface area (TPSA) is 115 Å². The molecule has 0 aliphatic heterocycles. The lowest BCUT2D eigenvalue weighted by Gasteiger charge is -2.02. The van der Waals surface area contributed by atoms with Crippen LogP contribution < -0.4 is 0 Å². The molecular weight excluding hydrogens is 312 g/mol. The minimum Gasteiger partial charge on any atom is -0.481 e. The number of hydrogen-bond donors (Lipinski definition) is 4. The number of hydrogen-bond acceptors (Lipinski definition) is 4. The van der Waals surface area contributed by atoms with E-state index in [9.17, 15) is 19.8 Å². The monoisotopic (exact) mass is 338 g/mol. The molecule has 0 saturated heterocycles. The van der Waals surface area contributed by atoms with Gasteiger partial charge in [-0.25, -0.2) is 0 Å². The Morgan fingerprint density at radius 1 is 0.792 bits per heavy atom. The smallest absolute Gasteiger partial charge is 0.303 e. The quantitative estimate of drug-likeness (QED) is 0.303. The highest BCUT2D eigenvalue weighted by Gasteiger charge is 2.01. The summed E-state index contributed by atoms with van der Waals surface area (Å²) in [5.41, 5.74) is 0. The molecule has 2 atom stereocenters. The Bertz CT molecular complexity index is 476. The number of carbonyl (C=O) groups is 2. The van der Waals surface area contributed by atoms with Crippen LogP contribution in [-0.2, 0) is 9.59 Å². The van der Waals surface area contributed by atoms with Crippen LogP contribution in [0, 0.1) is 0 Å². The Kier molecular flexibility index (Phi) is 13.1. The molecule has 4 N–H and O–H groups in total. The van der Waals surface area contributed by atoms with E-state index in [-0.39, 0.29) is 12.8 Å². The molecule has 134 valence electrons. The minimum absolute atomic E-state index is 0.0477. The van der Waals surface area contributed by atoms with Crippen LogP contribution in [0.1, 0.15) is 38.5 Å². The summed E-state index contributed by atoms with van der Waals surface area (Å²) >= 11 is 0. The lowest BCUT2D eigenvalue weighted by Crippen LogP contribution is -2.03. The first-order valence-electron chi connectivity index (χ1n) is 7.88. The molecule has 0 rings (SSSR count). The van der Waals surface area contributed by atoms with Crippen molar-refractivity contribution in [2.75, 3.05) is 0 Å². The number of aliphatic hydroxyl groups excluding tert-OH is 2. The van der Waals surface area contributed by atoms with Crippen molar-refractivity contribution in [3.05, 3.63) is 48.6 Å². The molecule has 0 radical (unpaired) electrons. The van der Waals surface area contributed by atoms with Crippen molar-refractivity contribution in [2.45, 2.75) is 50.7 Å². The second-order valence-electron chi connectivity index (χ2n) is 5.21. The molecule has 0 bridgehead atoms. The molecular formula is C18H26O6. The molecule has 0 spiro atoms. The molecule has 0 aromatic carbocycles. The van der Waals surface area contributed by atoms with Gasteiger partial charge >= 0.3 is 11.9 Å². The van der Waals surface area contributed by atoms with Crippen LogP contribution in [0.15, 0.2) is 48.6 Å². The third kappa shape index (κ3) is 16.2. The lowest BCUT2D eigenvalue weighted by molar-refractivity contribution is -0.138. The highest BCUT2D eigenvalue weighted by molar-refractivity contribution is 5.67. The van der Waals surface area contributed by atoms with Crippen LogP contribution >= 0.6 is 0 Å². The Labute approximate surface area is 142 Å². The molecule has 0 amide bonds. The van der Waals surface area contributed by atoms with Crippen molar-refractivity contribution < 1.29 is 30.0 Å². The van der Waals surface area contributed by atoms with E-state index in [4.69, 9.17) is 10.2 Å². The Hall–Kier alpha value is -2.18. The molecule has 24 heavy (non-hydrogen) atoms. The second-order valence-corrected chi connectivity index (χ2v) is 5.21. The largest absolute Gasteiger partial charge is 0.481 e. The van der Waals surface area contributed by atoms with Crippen molar-refractivity contribution in [3.8, 4) is 0 Å². The SMILES string of the molecule is O=C(O)CC/C=C/C[C@@H](O)C=C/C=C/C=C/[C@@H](O)CCCC(=O)O. The Morgan fingerprint density at radius 2 is 1.38 bits per heavy atom. The molecule has 0 heterocycles. The van der Waals surface area contributed by atoms with Gasteiger partial charge in [-0.15, -0.1) is 0 Å². The van der Waals surface area contributed by atoms with E-state index >= 15 is 0 Å². The van der Waals surface area contributed by atoms with Gasteiger partial charge in [0.1, 0.15) is 0 Å². The van der Waals surface area contributed by atoms with Crippen molar-refractivity contribution in [2.24, 2.45) is 0 Å². The number of carboxylic acid groups (broad SMARTS) is 2. The van der Waals surface area contributed by atoms with Crippen molar-refractivity contribution in [1.82, 2.24) is 0 Å². The van der Waals surface area contributed by atoms with Crippen molar-refractivity contribution in [3.63, 3.8) is 0 Å². The summed E-state index contributed by atoms with van der Waals surface area (Å²) < 4.78 is 0. The zero-order chi connectivity index (χ0) is 18.2. The van der Waals surface area contributed by atoms with Gasteiger partial charge in [0.2, 0.25) is 0 Å². The van der Waals surface area contributed by atoms with Gasteiger partial charge in [-0.1, -0.05) is 48.6 Å². The maximum absolute atomic E-state index is 10.3. The number of aliphatic carboxylic acids is 2. The fourth-order valence-corrected chi connectivity index (χ4v) is 1.71. The molecule has 0 aliphatic carbocycles. The van der Waals surface area contributed by atoms with Gasteiger partial charge in [0, 0.05) is 12.8 Å². The maximum atomic E-state index is 10.3. The van der Waals surface area contributed by atoms with Gasteiger partial charge in [0.05, 0.1) is 12.2 Å². The van der Waals surface area contributed by atoms with Crippen LogP contribution in [0.25, 0.3) is 0 Å². The van der Waals surface area contributed by atoms with Gasteiger partial charge in [-0.05, 0) is 25.7 Å². The molecule has 0 fully saturated rings. The minimum atomic E-state index is -0.869. The second kappa shape index (κ2) is 14.4. The van der Waals surface area contributed by atoms with E-state index in [2.05, 4.69) is 0 Å². The summed E-state index contributed by atoms with van der Waals surface area (Å²) in [4.78, 5) is 20.6. The van der Waals surface area contributed by atoms with Crippen LogP contribution in [0.5, 0.6) is 0 Å². The van der Waals surface area contributed by atoms with Gasteiger partial charge in [0.25, 0.3) is 0 Å². The van der Waals surface area contributed by atoms with E-state index in [0.29, 0.717) is 25.7 Å². The fourth-order valence-electron chi connectivity index (χ4n) is 1.71. The zero-order valence-corrected chi connectivity index (χ0v) is 13.6. The highest BCUT2D eigenvalue weighted by Crippen LogP contribution is 2.02. The van der Waals surface area contributed by atoms with E-state index in [1.807, 2.05) is 0 Å². The number of carboxylic acids is 2. The van der Waals surface area contributed by atoms with E-state index < -0.39 is 24.1 Å². The summed E-state index contributed by atoms with van der Waals surface area (Å²) in [6.45, 7) is 0. The molecule has 0 aliphatic rings. The number of allylic oxidation sites excluding steroid dienone is 5. The van der Waals surface area contributed by atoms with Crippen LogP contribution in [0.3, 0.4) is 0 Å². The standard InChI is InChI=1S/C18H26O6/c19-15(11-6-3-7-13-17(21)22)9-4-1-2-5-10-16(20)12-8-14-18(23)24/h1-6,9-10,15-16,19-20H,7-8,11-14H2,(H,21,22)(H,23,24)/b2-1+,6-3+,9-4?,10-5+/t15-,16+/m0/s1. The lowest BCUT2D eigenvalue weighted by atomic mass is 10.1. The normalized spacial score (nSPS) is 14.9. The van der Waals surface area contributed by atoms with E-state index in [1.165, 1.54) is 0 Å². The molecule has 0 aromatic heterocycles. The first-order valence-corrected chi connectivity index (χ1v) is 7.88. The van der Waals surface area contributed by atoms with Gasteiger partial charge < -0.3 is 20.4 Å². The third-order valence-corrected chi connectivity index (χ3v) is 2.96. The third-order valence-electron chi connectivity index (χ3n) is 2.96. The first-order chi connectivity index (χ1) is 11.4.